The molecule has 0 bridgehead atoms. The zero-order valence-electron chi connectivity index (χ0n) is 13.9. The number of aliphatic carboxylic acids is 1. The number of nitrogens with zero attached hydrogens (tertiary/aromatic N) is 4. The fraction of sp³-hybridized carbons (Fsp3) is 0.500. The van der Waals surface area contributed by atoms with Crippen LogP contribution in [-0.2, 0) is 23.2 Å². The molecule has 8 nitrogen and oxygen atoms in total. The molecule has 0 spiro atoms. The molecule has 1 saturated heterocycles. The van der Waals surface area contributed by atoms with Crippen molar-refractivity contribution in [1.82, 2.24) is 19.8 Å². The molecule has 1 fully saturated rings. The average Bonchev–Trinajstić information content (AvgIpc) is 3.08. The van der Waals surface area contributed by atoms with Crippen LogP contribution < -0.4 is 0 Å². The van der Waals surface area contributed by atoms with E-state index in [-0.39, 0.29) is 18.9 Å². The summed E-state index contributed by atoms with van der Waals surface area (Å²) in [5, 5.41) is 17.7. The van der Waals surface area contributed by atoms with Gasteiger partial charge in [0.2, 0.25) is 5.91 Å². The molecule has 3 heterocycles. The third kappa shape index (κ3) is 2.79. The van der Waals surface area contributed by atoms with Gasteiger partial charge in [0.05, 0.1) is 30.4 Å². The SMILES string of the molecule is Cc1noc(C)c1CN1C(=O)CC[C@@H](C(=O)O)[C@@H]1c1cnn(C)c1. The molecular formula is C16H20N4O4. The maximum atomic E-state index is 12.6. The van der Waals surface area contributed by atoms with Gasteiger partial charge in [0.15, 0.2) is 0 Å². The molecule has 1 aliphatic heterocycles. The highest BCUT2D eigenvalue weighted by molar-refractivity contribution is 5.81. The summed E-state index contributed by atoms with van der Waals surface area (Å²) in [4.78, 5) is 25.9. The van der Waals surface area contributed by atoms with Gasteiger partial charge in [-0.2, -0.15) is 5.10 Å². The van der Waals surface area contributed by atoms with E-state index in [1.54, 1.807) is 35.9 Å². The van der Waals surface area contributed by atoms with E-state index < -0.39 is 17.9 Å². The van der Waals surface area contributed by atoms with Crippen molar-refractivity contribution in [3.63, 3.8) is 0 Å². The molecule has 1 N–H and O–H groups in total. The van der Waals surface area contributed by atoms with E-state index in [2.05, 4.69) is 10.3 Å². The zero-order valence-corrected chi connectivity index (χ0v) is 13.9. The Hall–Kier alpha value is -2.64. The van der Waals surface area contributed by atoms with Gasteiger partial charge in [-0.25, -0.2) is 0 Å². The molecule has 2 atom stereocenters. The smallest absolute Gasteiger partial charge is 0.308 e. The van der Waals surface area contributed by atoms with Gasteiger partial charge in [0, 0.05) is 30.8 Å². The summed E-state index contributed by atoms with van der Waals surface area (Å²) in [7, 11) is 1.77. The van der Waals surface area contributed by atoms with Crippen LogP contribution in [0.15, 0.2) is 16.9 Å². The Labute approximate surface area is 139 Å². The highest BCUT2D eigenvalue weighted by atomic mass is 16.5. The van der Waals surface area contributed by atoms with Gasteiger partial charge < -0.3 is 14.5 Å². The summed E-state index contributed by atoms with van der Waals surface area (Å²) < 4.78 is 6.78. The van der Waals surface area contributed by atoms with Crippen LogP contribution in [-0.4, -0.2) is 36.8 Å². The molecule has 24 heavy (non-hydrogen) atoms. The number of carbonyl (C=O) groups is 2. The second-order valence-corrected chi connectivity index (χ2v) is 6.20. The number of rotatable bonds is 4. The van der Waals surface area contributed by atoms with Crippen LogP contribution in [0.5, 0.6) is 0 Å². The lowest BCUT2D eigenvalue weighted by molar-refractivity contribution is -0.152. The molecule has 0 radical (unpaired) electrons. The standard InChI is InChI=1S/C16H20N4O4/c1-9-13(10(2)24-18-9)8-20-14(21)5-4-12(16(22)23)15(20)11-6-17-19(3)7-11/h6-7,12,15H,4-5,8H2,1-3H3,(H,22,23)/t12-,15+/m1/s1. The number of aryl methyl sites for hydroxylation is 3. The van der Waals surface area contributed by atoms with Crippen molar-refractivity contribution in [2.45, 2.75) is 39.3 Å². The third-order valence-corrected chi connectivity index (χ3v) is 4.60. The van der Waals surface area contributed by atoms with Crippen LogP contribution in [0.4, 0.5) is 0 Å². The van der Waals surface area contributed by atoms with Crippen molar-refractivity contribution in [3.8, 4) is 0 Å². The van der Waals surface area contributed by atoms with E-state index in [9.17, 15) is 14.7 Å². The first-order valence-corrected chi connectivity index (χ1v) is 7.81. The molecule has 1 aliphatic rings. The Morgan fingerprint density at radius 3 is 2.75 bits per heavy atom. The maximum absolute atomic E-state index is 12.6. The lowest BCUT2D eigenvalue weighted by Crippen LogP contribution is -2.44. The molecule has 2 aromatic rings. The second kappa shape index (κ2) is 6.10. The van der Waals surface area contributed by atoms with E-state index in [1.807, 2.05) is 6.92 Å². The second-order valence-electron chi connectivity index (χ2n) is 6.20. The highest BCUT2D eigenvalue weighted by Crippen LogP contribution is 2.38. The first-order valence-electron chi connectivity index (χ1n) is 7.81. The number of hydrogen-bond acceptors (Lipinski definition) is 5. The molecule has 128 valence electrons. The first kappa shape index (κ1) is 16.2. The Morgan fingerprint density at radius 2 is 2.21 bits per heavy atom. The summed E-state index contributed by atoms with van der Waals surface area (Å²) in [5.41, 5.74) is 2.26. The Morgan fingerprint density at radius 1 is 1.46 bits per heavy atom. The fourth-order valence-electron chi connectivity index (χ4n) is 3.30. The predicted molar refractivity (Wildman–Crippen MR) is 82.8 cm³/mol. The van der Waals surface area contributed by atoms with Crippen LogP contribution in [0.2, 0.25) is 0 Å². The fourth-order valence-corrected chi connectivity index (χ4v) is 3.30. The molecule has 8 heteroatoms. The number of carboxylic acid groups (broad SMARTS) is 1. The molecule has 3 rings (SSSR count). The van der Waals surface area contributed by atoms with Crippen molar-refractivity contribution in [1.29, 1.82) is 0 Å². The van der Waals surface area contributed by atoms with E-state index in [0.717, 1.165) is 11.1 Å². The van der Waals surface area contributed by atoms with Crippen LogP contribution in [0.3, 0.4) is 0 Å². The quantitative estimate of drug-likeness (QED) is 0.912. The average molecular weight is 332 g/mol. The predicted octanol–water partition coefficient (Wildman–Crippen LogP) is 1.59. The van der Waals surface area contributed by atoms with E-state index in [4.69, 9.17) is 4.52 Å². The molecule has 1 amide bonds. The normalized spacial score (nSPS) is 21.3. The van der Waals surface area contributed by atoms with Crippen LogP contribution >= 0.6 is 0 Å². The van der Waals surface area contributed by atoms with Gasteiger partial charge >= 0.3 is 5.97 Å². The number of hydrogen-bond donors (Lipinski definition) is 1. The number of amides is 1. The Kier molecular flexibility index (Phi) is 4.13. The van der Waals surface area contributed by atoms with Gasteiger partial charge in [-0.3, -0.25) is 14.3 Å². The van der Waals surface area contributed by atoms with Gasteiger partial charge in [-0.1, -0.05) is 5.16 Å². The minimum Gasteiger partial charge on any atom is -0.481 e. The number of carbonyl (C=O) groups excluding carboxylic acids is 1. The van der Waals surface area contributed by atoms with Crippen molar-refractivity contribution in [2.75, 3.05) is 0 Å². The van der Waals surface area contributed by atoms with Gasteiger partial charge in [-0.15, -0.1) is 0 Å². The number of likely N-dealkylation sites (tertiary alicyclic amines) is 1. The molecule has 0 unspecified atom stereocenters. The minimum absolute atomic E-state index is 0.0682. The van der Waals surface area contributed by atoms with Crippen LogP contribution in [0.1, 0.15) is 41.5 Å². The Bertz CT molecular complexity index is 759. The lowest BCUT2D eigenvalue weighted by atomic mass is 9.85. The van der Waals surface area contributed by atoms with Gasteiger partial charge in [-0.05, 0) is 20.3 Å². The van der Waals surface area contributed by atoms with Crippen molar-refractivity contribution in [3.05, 3.63) is 35.0 Å². The van der Waals surface area contributed by atoms with Crippen molar-refractivity contribution >= 4 is 11.9 Å². The van der Waals surface area contributed by atoms with Crippen molar-refractivity contribution < 1.29 is 19.2 Å². The maximum Gasteiger partial charge on any atom is 0.308 e. The van der Waals surface area contributed by atoms with Crippen molar-refractivity contribution in [2.24, 2.45) is 13.0 Å². The largest absolute Gasteiger partial charge is 0.481 e. The summed E-state index contributed by atoms with van der Waals surface area (Å²) in [6.07, 6.45) is 3.93. The minimum atomic E-state index is -0.903. The monoisotopic (exact) mass is 332 g/mol. The van der Waals surface area contributed by atoms with E-state index in [0.29, 0.717) is 17.9 Å². The number of piperidine rings is 1. The Balaban J connectivity index is 2.01. The highest BCUT2D eigenvalue weighted by Gasteiger charge is 2.41. The topological polar surface area (TPSA) is 101 Å². The molecule has 2 aromatic heterocycles. The molecular weight excluding hydrogens is 312 g/mol. The summed E-state index contributed by atoms with van der Waals surface area (Å²) in [5.74, 6) is -0.989. The number of aromatic nitrogens is 3. The summed E-state index contributed by atoms with van der Waals surface area (Å²) in [6.45, 7) is 3.88. The molecule has 0 saturated carbocycles. The zero-order chi connectivity index (χ0) is 17.4. The lowest BCUT2D eigenvalue weighted by Gasteiger charge is -2.39. The summed E-state index contributed by atoms with van der Waals surface area (Å²) in [6, 6.07) is -0.550. The molecule has 0 aromatic carbocycles. The number of carboxylic acids is 1. The molecule has 0 aliphatic carbocycles. The van der Waals surface area contributed by atoms with E-state index >= 15 is 0 Å². The van der Waals surface area contributed by atoms with Gasteiger partial charge in [0.1, 0.15) is 5.76 Å². The van der Waals surface area contributed by atoms with E-state index in [1.165, 1.54) is 0 Å². The van der Waals surface area contributed by atoms with Gasteiger partial charge in [0.25, 0.3) is 0 Å². The first-order chi connectivity index (χ1) is 11.4. The third-order valence-electron chi connectivity index (χ3n) is 4.60. The van der Waals surface area contributed by atoms with Crippen LogP contribution in [0.25, 0.3) is 0 Å². The van der Waals surface area contributed by atoms with Crippen LogP contribution in [0, 0.1) is 19.8 Å². The summed E-state index contributed by atoms with van der Waals surface area (Å²) >= 11 is 0.